The highest BCUT2D eigenvalue weighted by Crippen LogP contribution is 2.26. The maximum absolute atomic E-state index is 13.4. The molecule has 7 heteroatoms. The fourth-order valence-corrected chi connectivity index (χ4v) is 3.33. The molecule has 2 rings (SSSR count). The predicted molar refractivity (Wildman–Crippen MR) is 98.8 cm³/mol. The lowest BCUT2D eigenvalue weighted by atomic mass is 10.0. The SMILES string of the molecule is C#CCNC(=O)[C@H](Cc1cc(F)cc(F)c1)NC(=O)NCCC1CCCC1. The van der Waals surface area contributed by atoms with Gasteiger partial charge in [-0.15, -0.1) is 6.42 Å². The van der Waals surface area contributed by atoms with Crippen LogP contribution in [0.15, 0.2) is 18.2 Å². The number of benzene rings is 1. The first-order chi connectivity index (χ1) is 13.0. The Morgan fingerprint density at radius 1 is 1.15 bits per heavy atom. The maximum Gasteiger partial charge on any atom is 0.315 e. The van der Waals surface area contributed by atoms with Gasteiger partial charge in [-0.25, -0.2) is 13.6 Å². The molecular weight excluding hydrogens is 352 g/mol. The van der Waals surface area contributed by atoms with Crippen LogP contribution in [0.4, 0.5) is 13.6 Å². The Labute approximate surface area is 158 Å². The molecule has 146 valence electrons. The number of carbonyl (C=O) groups is 2. The van der Waals surface area contributed by atoms with Crippen molar-refractivity contribution in [2.45, 2.75) is 44.6 Å². The van der Waals surface area contributed by atoms with E-state index in [0.29, 0.717) is 12.5 Å². The molecule has 1 aromatic rings. The molecule has 0 spiro atoms. The van der Waals surface area contributed by atoms with E-state index in [1.54, 1.807) is 0 Å². The minimum Gasteiger partial charge on any atom is -0.343 e. The summed E-state index contributed by atoms with van der Waals surface area (Å²) in [5, 5.41) is 7.79. The Morgan fingerprint density at radius 3 is 2.44 bits per heavy atom. The lowest BCUT2D eigenvalue weighted by molar-refractivity contribution is -0.122. The molecule has 1 atom stereocenters. The largest absolute Gasteiger partial charge is 0.343 e. The number of carbonyl (C=O) groups excluding carboxylic acids is 2. The van der Waals surface area contributed by atoms with Gasteiger partial charge < -0.3 is 16.0 Å². The van der Waals surface area contributed by atoms with E-state index in [1.807, 2.05) is 0 Å². The fraction of sp³-hybridized carbons (Fsp3) is 0.500. The van der Waals surface area contributed by atoms with Gasteiger partial charge in [0.1, 0.15) is 17.7 Å². The van der Waals surface area contributed by atoms with Crippen molar-refractivity contribution in [2.75, 3.05) is 13.1 Å². The van der Waals surface area contributed by atoms with Crippen molar-refractivity contribution in [3.05, 3.63) is 35.4 Å². The van der Waals surface area contributed by atoms with E-state index in [0.717, 1.165) is 24.6 Å². The zero-order chi connectivity index (χ0) is 19.6. The Morgan fingerprint density at radius 2 is 1.81 bits per heavy atom. The summed E-state index contributed by atoms with van der Waals surface area (Å²) in [5.41, 5.74) is 0.264. The van der Waals surface area contributed by atoms with Crippen LogP contribution in [0.3, 0.4) is 0 Å². The molecule has 1 fully saturated rings. The Hall–Kier alpha value is -2.62. The van der Waals surface area contributed by atoms with Crippen molar-refractivity contribution in [1.82, 2.24) is 16.0 Å². The smallest absolute Gasteiger partial charge is 0.315 e. The molecule has 3 amide bonds. The first-order valence-electron chi connectivity index (χ1n) is 9.18. The number of terminal acetylenes is 1. The Bertz CT molecular complexity index is 677. The van der Waals surface area contributed by atoms with Gasteiger partial charge in [0.25, 0.3) is 0 Å². The van der Waals surface area contributed by atoms with Gasteiger partial charge in [0.2, 0.25) is 5.91 Å². The summed E-state index contributed by atoms with van der Waals surface area (Å²) in [6.45, 7) is 0.515. The highest BCUT2D eigenvalue weighted by atomic mass is 19.1. The second-order valence-electron chi connectivity index (χ2n) is 6.80. The molecule has 5 nitrogen and oxygen atoms in total. The van der Waals surface area contributed by atoms with Crippen LogP contribution in [0.5, 0.6) is 0 Å². The number of urea groups is 1. The monoisotopic (exact) mass is 377 g/mol. The summed E-state index contributed by atoms with van der Waals surface area (Å²) < 4.78 is 26.8. The van der Waals surface area contributed by atoms with Gasteiger partial charge in [-0.1, -0.05) is 31.6 Å². The third-order valence-corrected chi connectivity index (χ3v) is 4.66. The highest BCUT2D eigenvalue weighted by Gasteiger charge is 2.22. The first kappa shape index (κ1) is 20.7. The number of hydrogen-bond acceptors (Lipinski definition) is 2. The normalized spacial score (nSPS) is 15.0. The summed E-state index contributed by atoms with van der Waals surface area (Å²) in [4.78, 5) is 24.4. The van der Waals surface area contributed by atoms with Gasteiger partial charge in [0, 0.05) is 19.0 Å². The van der Waals surface area contributed by atoms with Crippen LogP contribution in [-0.4, -0.2) is 31.1 Å². The molecule has 0 heterocycles. The van der Waals surface area contributed by atoms with Crippen LogP contribution in [0, 0.1) is 29.9 Å². The Kier molecular flexibility index (Phi) is 8.05. The first-order valence-corrected chi connectivity index (χ1v) is 9.18. The van der Waals surface area contributed by atoms with Gasteiger partial charge in [-0.2, -0.15) is 0 Å². The van der Waals surface area contributed by atoms with E-state index in [9.17, 15) is 18.4 Å². The van der Waals surface area contributed by atoms with Gasteiger partial charge in [-0.3, -0.25) is 4.79 Å². The molecule has 0 aliphatic heterocycles. The zero-order valence-corrected chi connectivity index (χ0v) is 15.2. The van der Waals surface area contributed by atoms with Crippen LogP contribution in [0.25, 0.3) is 0 Å². The number of amides is 3. The molecule has 3 N–H and O–H groups in total. The molecule has 0 radical (unpaired) electrons. The van der Waals surface area contributed by atoms with Crippen molar-refractivity contribution in [3.8, 4) is 12.3 Å². The topological polar surface area (TPSA) is 70.2 Å². The van der Waals surface area contributed by atoms with Crippen LogP contribution in [-0.2, 0) is 11.2 Å². The third-order valence-electron chi connectivity index (χ3n) is 4.66. The van der Waals surface area contributed by atoms with E-state index in [1.165, 1.54) is 25.7 Å². The zero-order valence-electron chi connectivity index (χ0n) is 15.2. The van der Waals surface area contributed by atoms with Crippen molar-refractivity contribution >= 4 is 11.9 Å². The molecule has 1 aromatic carbocycles. The average molecular weight is 377 g/mol. The molecule has 1 aliphatic carbocycles. The van der Waals surface area contributed by atoms with Crippen LogP contribution in [0.2, 0.25) is 0 Å². The van der Waals surface area contributed by atoms with E-state index in [2.05, 4.69) is 21.9 Å². The van der Waals surface area contributed by atoms with Crippen molar-refractivity contribution < 1.29 is 18.4 Å². The van der Waals surface area contributed by atoms with Crippen LogP contribution in [0.1, 0.15) is 37.7 Å². The molecule has 0 saturated heterocycles. The quantitative estimate of drug-likeness (QED) is 0.609. The number of nitrogens with one attached hydrogen (secondary N) is 3. The summed E-state index contributed by atoms with van der Waals surface area (Å²) >= 11 is 0. The lowest BCUT2D eigenvalue weighted by Gasteiger charge is -2.19. The Balaban J connectivity index is 1.93. The van der Waals surface area contributed by atoms with Gasteiger partial charge in [-0.05, 0) is 30.0 Å². The molecule has 27 heavy (non-hydrogen) atoms. The number of rotatable bonds is 8. The average Bonchev–Trinajstić information content (AvgIpc) is 3.11. The van der Waals surface area contributed by atoms with Crippen LogP contribution >= 0.6 is 0 Å². The number of halogens is 2. The molecule has 0 aromatic heterocycles. The molecule has 0 bridgehead atoms. The summed E-state index contributed by atoms with van der Waals surface area (Å²) in [5.74, 6) is 0.914. The summed E-state index contributed by atoms with van der Waals surface area (Å²) in [6, 6.07) is 1.52. The highest BCUT2D eigenvalue weighted by molar-refractivity contribution is 5.87. The van der Waals surface area contributed by atoms with E-state index in [-0.39, 0.29) is 18.5 Å². The molecule has 1 saturated carbocycles. The molecular formula is C20H25F2N3O2. The van der Waals surface area contributed by atoms with E-state index in [4.69, 9.17) is 6.42 Å². The third kappa shape index (κ3) is 7.26. The maximum atomic E-state index is 13.4. The van der Waals surface area contributed by atoms with Gasteiger partial charge in [0.15, 0.2) is 0 Å². The lowest BCUT2D eigenvalue weighted by Crippen LogP contribution is -2.51. The van der Waals surface area contributed by atoms with Crippen molar-refractivity contribution in [2.24, 2.45) is 5.92 Å². The van der Waals surface area contributed by atoms with E-state index < -0.39 is 29.6 Å². The molecule has 1 aliphatic rings. The fourth-order valence-electron chi connectivity index (χ4n) is 3.33. The van der Waals surface area contributed by atoms with Gasteiger partial charge in [0.05, 0.1) is 6.54 Å². The van der Waals surface area contributed by atoms with Crippen LogP contribution < -0.4 is 16.0 Å². The summed E-state index contributed by atoms with van der Waals surface area (Å²) in [6.07, 6.45) is 10.8. The molecule has 0 unspecified atom stereocenters. The second kappa shape index (κ2) is 10.5. The minimum atomic E-state index is -0.994. The number of hydrogen-bond donors (Lipinski definition) is 3. The van der Waals surface area contributed by atoms with Crippen molar-refractivity contribution in [3.63, 3.8) is 0 Å². The second-order valence-corrected chi connectivity index (χ2v) is 6.80. The van der Waals surface area contributed by atoms with Gasteiger partial charge >= 0.3 is 6.03 Å². The van der Waals surface area contributed by atoms with Crippen molar-refractivity contribution in [1.29, 1.82) is 0 Å². The summed E-state index contributed by atoms with van der Waals surface area (Å²) in [7, 11) is 0. The predicted octanol–water partition coefficient (Wildman–Crippen LogP) is 2.50. The van der Waals surface area contributed by atoms with E-state index >= 15 is 0 Å². The standard InChI is InChI=1S/C20H25F2N3O2/c1-2-8-23-19(26)18(12-15-10-16(21)13-17(22)11-15)25-20(27)24-9-7-14-5-3-4-6-14/h1,10-11,13-14,18H,3-9,12H2,(H,23,26)(H2,24,25,27)/t18-/m0/s1. The minimum absolute atomic E-state index is 0.00216.